The summed E-state index contributed by atoms with van der Waals surface area (Å²) in [4.78, 5) is 0. The van der Waals surface area contributed by atoms with E-state index in [2.05, 4.69) is 33.9 Å². The van der Waals surface area contributed by atoms with Crippen LogP contribution in [-0.4, -0.2) is 41.9 Å². The Morgan fingerprint density at radius 2 is 1.41 bits per heavy atom. The molecule has 0 aliphatic rings. The van der Waals surface area contributed by atoms with Crippen molar-refractivity contribution in [1.82, 2.24) is 0 Å². The summed E-state index contributed by atoms with van der Waals surface area (Å²) in [6, 6.07) is 15.3. The van der Waals surface area contributed by atoms with Crippen LogP contribution in [0.2, 0.25) is 18.1 Å². The second kappa shape index (κ2) is 16.0. The summed E-state index contributed by atoms with van der Waals surface area (Å²) in [5.74, 6) is 1.30. The molecule has 1 unspecified atom stereocenters. The van der Waals surface area contributed by atoms with Gasteiger partial charge in [-0.1, -0.05) is 57.2 Å². The van der Waals surface area contributed by atoms with E-state index >= 15 is 4.39 Å². The first kappa shape index (κ1) is 32.8. The average Bonchev–Trinajstić information content (AvgIpc) is 2.92. The molecule has 0 radical (unpaired) electrons. The molecule has 5 nitrogen and oxygen atoms in total. The van der Waals surface area contributed by atoms with E-state index in [1.165, 1.54) is 0 Å². The minimum Gasteiger partial charge on any atom is -0.497 e. The largest absolute Gasteiger partial charge is 0.497 e. The summed E-state index contributed by atoms with van der Waals surface area (Å²) < 4.78 is 44.1. The maximum absolute atomic E-state index is 15.6. The molecule has 2 rings (SSSR count). The van der Waals surface area contributed by atoms with Gasteiger partial charge in [0, 0.05) is 6.61 Å². The Bertz CT molecular complexity index is 1040. The predicted molar refractivity (Wildman–Crippen MR) is 160 cm³/mol. The number of hydrogen-bond acceptors (Lipinski definition) is 5. The molecule has 0 aliphatic heterocycles. The highest BCUT2D eigenvalue weighted by Crippen LogP contribution is 2.36. The predicted octanol–water partition coefficient (Wildman–Crippen LogP) is 8.41. The Balaban J connectivity index is 1.99. The van der Waals surface area contributed by atoms with Crippen molar-refractivity contribution in [2.24, 2.45) is 0 Å². The molecule has 2 aromatic carbocycles. The van der Waals surface area contributed by atoms with Gasteiger partial charge in [0.15, 0.2) is 8.32 Å². The van der Waals surface area contributed by atoms with Crippen LogP contribution in [-0.2, 0) is 27.1 Å². The van der Waals surface area contributed by atoms with Crippen molar-refractivity contribution in [3.63, 3.8) is 0 Å². The van der Waals surface area contributed by atoms with E-state index in [-0.39, 0.29) is 17.5 Å². The number of ether oxygens (including phenoxy) is 4. The quantitative estimate of drug-likeness (QED) is 0.118. The Morgan fingerprint density at radius 3 is 1.92 bits per heavy atom. The normalized spacial score (nSPS) is 13.9. The summed E-state index contributed by atoms with van der Waals surface area (Å²) >= 11 is 0. The second-order valence-electron chi connectivity index (χ2n) is 11.2. The molecular formula is C32H47FO5Si. The van der Waals surface area contributed by atoms with Gasteiger partial charge in [-0.2, -0.15) is 0 Å². The highest BCUT2D eigenvalue weighted by Gasteiger charge is 2.36. The SMILES string of the molecule is COc1ccc(COCCC(C)=C(F)C(C=CCCO[Si](C)(C)C(C)(C)C)OCc2ccc(OC)cc2)cc1. The third-order valence-electron chi connectivity index (χ3n) is 7.16. The highest BCUT2D eigenvalue weighted by molar-refractivity contribution is 6.74. The van der Waals surface area contributed by atoms with Crippen LogP contribution in [0.1, 0.15) is 51.7 Å². The van der Waals surface area contributed by atoms with Gasteiger partial charge in [0.25, 0.3) is 0 Å². The first-order valence-electron chi connectivity index (χ1n) is 13.6. The first-order valence-corrected chi connectivity index (χ1v) is 16.5. The lowest BCUT2D eigenvalue weighted by Crippen LogP contribution is -2.40. The molecule has 0 spiro atoms. The van der Waals surface area contributed by atoms with Crippen molar-refractivity contribution in [1.29, 1.82) is 0 Å². The zero-order valence-electron chi connectivity index (χ0n) is 25.0. The molecule has 0 N–H and O–H groups in total. The van der Waals surface area contributed by atoms with E-state index in [4.69, 9.17) is 23.4 Å². The lowest BCUT2D eigenvalue weighted by atomic mass is 10.1. The Labute approximate surface area is 236 Å². The fraction of sp³-hybridized carbons (Fsp3) is 0.500. The van der Waals surface area contributed by atoms with Crippen LogP contribution in [0.5, 0.6) is 11.5 Å². The lowest BCUT2D eigenvalue weighted by molar-refractivity contribution is 0.0777. The summed E-state index contributed by atoms with van der Waals surface area (Å²) in [5.41, 5.74) is 2.61. The maximum atomic E-state index is 15.6. The molecule has 1 atom stereocenters. The van der Waals surface area contributed by atoms with Crippen LogP contribution in [0.25, 0.3) is 0 Å². The standard InChI is InChI=1S/C32H47FO5Si/c1-25(20-22-36-23-26-12-16-28(34-5)17-13-26)31(33)30(37-24-27-14-18-29(35-6)19-15-27)11-9-10-21-38-39(7,8)32(2,3)4/h9,11-19,30H,10,20-24H2,1-8H3. The molecule has 2 aromatic rings. The van der Waals surface area contributed by atoms with Crippen LogP contribution in [0.3, 0.4) is 0 Å². The van der Waals surface area contributed by atoms with Crippen LogP contribution in [0.15, 0.2) is 72.1 Å². The van der Waals surface area contributed by atoms with Crippen LogP contribution in [0, 0.1) is 0 Å². The fourth-order valence-electron chi connectivity index (χ4n) is 3.44. The van der Waals surface area contributed by atoms with E-state index in [9.17, 15) is 0 Å². The number of benzene rings is 2. The number of halogens is 1. The summed E-state index contributed by atoms with van der Waals surface area (Å²) in [6.45, 7) is 14.7. The first-order chi connectivity index (χ1) is 18.5. The molecule has 0 amide bonds. The number of methoxy groups -OCH3 is 2. The van der Waals surface area contributed by atoms with E-state index < -0.39 is 14.4 Å². The maximum Gasteiger partial charge on any atom is 0.191 e. The van der Waals surface area contributed by atoms with Gasteiger partial charge in [-0.15, -0.1) is 0 Å². The molecule has 0 fully saturated rings. The van der Waals surface area contributed by atoms with Crippen molar-refractivity contribution >= 4 is 8.32 Å². The van der Waals surface area contributed by atoms with Crippen molar-refractivity contribution in [2.45, 2.75) is 78.0 Å². The van der Waals surface area contributed by atoms with Crippen molar-refractivity contribution < 1.29 is 27.8 Å². The van der Waals surface area contributed by atoms with Crippen molar-refractivity contribution in [3.8, 4) is 11.5 Å². The molecule has 0 heterocycles. The molecule has 216 valence electrons. The molecule has 0 bridgehead atoms. The van der Waals surface area contributed by atoms with Gasteiger partial charge in [0.1, 0.15) is 23.4 Å². The van der Waals surface area contributed by atoms with Crippen molar-refractivity contribution in [2.75, 3.05) is 27.4 Å². The van der Waals surface area contributed by atoms with Gasteiger partial charge in [0.05, 0.1) is 34.0 Å². The minimum absolute atomic E-state index is 0.155. The molecule has 0 saturated heterocycles. The molecule has 0 saturated carbocycles. The van der Waals surface area contributed by atoms with Gasteiger partial charge < -0.3 is 23.4 Å². The lowest BCUT2D eigenvalue weighted by Gasteiger charge is -2.36. The molecule has 7 heteroatoms. The number of hydrogen-bond donors (Lipinski definition) is 0. The Kier molecular flexibility index (Phi) is 13.4. The topological polar surface area (TPSA) is 46.2 Å². The molecule has 0 aromatic heterocycles. The third-order valence-corrected chi connectivity index (χ3v) is 11.7. The third kappa shape index (κ3) is 11.3. The minimum atomic E-state index is -1.82. The van der Waals surface area contributed by atoms with Gasteiger partial charge in [-0.05, 0) is 78.9 Å². The van der Waals surface area contributed by atoms with E-state index in [0.717, 1.165) is 22.6 Å². The monoisotopic (exact) mass is 558 g/mol. The van der Waals surface area contributed by atoms with Crippen LogP contribution in [0.4, 0.5) is 4.39 Å². The smallest absolute Gasteiger partial charge is 0.191 e. The average molecular weight is 559 g/mol. The molecule has 39 heavy (non-hydrogen) atoms. The molecule has 0 aliphatic carbocycles. The summed E-state index contributed by atoms with van der Waals surface area (Å²) in [7, 11) is 1.45. The van der Waals surface area contributed by atoms with Crippen LogP contribution < -0.4 is 9.47 Å². The highest BCUT2D eigenvalue weighted by atomic mass is 28.4. The summed E-state index contributed by atoms with van der Waals surface area (Å²) in [6.07, 6.45) is 4.16. The van der Waals surface area contributed by atoms with Crippen LogP contribution >= 0.6 is 0 Å². The summed E-state index contributed by atoms with van der Waals surface area (Å²) in [5, 5.41) is 0.155. The fourth-order valence-corrected chi connectivity index (χ4v) is 4.50. The van der Waals surface area contributed by atoms with Crippen molar-refractivity contribution in [3.05, 3.63) is 83.2 Å². The zero-order chi connectivity index (χ0) is 28.9. The Morgan fingerprint density at radius 1 is 0.872 bits per heavy atom. The van der Waals surface area contributed by atoms with E-state index in [0.29, 0.717) is 38.2 Å². The van der Waals surface area contributed by atoms with E-state index in [1.54, 1.807) is 27.2 Å². The second-order valence-corrected chi connectivity index (χ2v) is 16.0. The number of rotatable bonds is 16. The van der Waals surface area contributed by atoms with Gasteiger partial charge >= 0.3 is 0 Å². The van der Waals surface area contributed by atoms with Gasteiger partial charge in [-0.3, -0.25) is 0 Å². The van der Waals surface area contributed by atoms with Gasteiger partial charge in [0.2, 0.25) is 0 Å². The Hall–Kier alpha value is -2.45. The molecular weight excluding hydrogens is 511 g/mol. The van der Waals surface area contributed by atoms with E-state index in [1.807, 2.05) is 54.6 Å². The van der Waals surface area contributed by atoms with Gasteiger partial charge in [-0.25, -0.2) is 4.39 Å². The zero-order valence-corrected chi connectivity index (χ0v) is 26.0.